The highest BCUT2D eigenvalue weighted by atomic mass is 16.3. The van der Waals surface area contributed by atoms with E-state index in [0.717, 1.165) is 11.1 Å². The van der Waals surface area contributed by atoms with Gasteiger partial charge in [0.15, 0.2) is 0 Å². The second kappa shape index (κ2) is 2.55. The normalized spacial score (nSPS) is 12.9. The fraction of sp³-hybridized carbons (Fsp3) is 0.429. The van der Waals surface area contributed by atoms with Crippen LogP contribution in [0.1, 0.15) is 20.8 Å². The Bertz CT molecular complexity index is 127. The molecule has 0 bridgehead atoms. The molecule has 1 heteroatoms. The highest BCUT2D eigenvalue weighted by Gasteiger charge is 1.91. The zero-order valence-electron chi connectivity index (χ0n) is 5.65. The van der Waals surface area contributed by atoms with E-state index in [-0.39, 0.29) is 0 Å². The van der Waals surface area contributed by atoms with Crippen molar-refractivity contribution in [3.8, 4) is 0 Å². The van der Waals surface area contributed by atoms with Crippen molar-refractivity contribution in [3.05, 3.63) is 23.5 Å². The quantitative estimate of drug-likeness (QED) is 0.408. The third-order valence-corrected chi connectivity index (χ3v) is 1.18. The van der Waals surface area contributed by atoms with Crippen molar-refractivity contribution in [2.24, 2.45) is 0 Å². The molecule has 0 aromatic rings. The summed E-state index contributed by atoms with van der Waals surface area (Å²) in [6.07, 6.45) is 0. The van der Waals surface area contributed by atoms with Crippen LogP contribution >= 0.6 is 0 Å². The minimum absolute atomic E-state index is 0.359. The summed E-state index contributed by atoms with van der Waals surface area (Å²) in [4.78, 5) is 0. The molecule has 0 heterocycles. The Morgan fingerprint density at radius 3 is 1.62 bits per heavy atom. The van der Waals surface area contributed by atoms with Gasteiger partial charge in [-0.3, -0.25) is 0 Å². The summed E-state index contributed by atoms with van der Waals surface area (Å²) < 4.78 is 0. The van der Waals surface area contributed by atoms with Crippen molar-refractivity contribution >= 4 is 0 Å². The van der Waals surface area contributed by atoms with Gasteiger partial charge in [-0.25, -0.2) is 0 Å². The number of allylic oxidation sites excluding steroid dienone is 3. The number of hydrogen-bond acceptors (Lipinski definition) is 1. The molecule has 8 heavy (non-hydrogen) atoms. The second-order valence-electron chi connectivity index (χ2n) is 1.99. The molecule has 0 amide bonds. The van der Waals surface area contributed by atoms with Crippen LogP contribution in [0.3, 0.4) is 0 Å². The molecule has 0 unspecified atom stereocenters. The summed E-state index contributed by atoms with van der Waals surface area (Å²) in [6.45, 7) is 9.03. The molecule has 0 aromatic heterocycles. The van der Waals surface area contributed by atoms with Crippen LogP contribution in [-0.2, 0) is 0 Å². The molecule has 0 saturated heterocycles. The molecular formula is C7H12O. The molecule has 0 aromatic carbocycles. The summed E-state index contributed by atoms with van der Waals surface area (Å²) in [5, 5.41) is 8.81. The first-order valence-electron chi connectivity index (χ1n) is 2.58. The first-order chi connectivity index (χ1) is 3.55. The summed E-state index contributed by atoms with van der Waals surface area (Å²) in [5.41, 5.74) is 1.80. The lowest BCUT2D eigenvalue weighted by atomic mass is 10.1. The second-order valence-corrected chi connectivity index (χ2v) is 1.99. The summed E-state index contributed by atoms with van der Waals surface area (Å²) in [5.74, 6) is 0.359. The van der Waals surface area contributed by atoms with Crippen LogP contribution < -0.4 is 0 Å². The fourth-order valence-corrected chi connectivity index (χ4v) is 0.309. The van der Waals surface area contributed by atoms with E-state index in [9.17, 15) is 0 Å². The van der Waals surface area contributed by atoms with Gasteiger partial charge in [-0.1, -0.05) is 12.2 Å². The van der Waals surface area contributed by atoms with Crippen molar-refractivity contribution in [2.75, 3.05) is 0 Å². The molecule has 1 nitrogen and oxygen atoms in total. The van der Waals surface area contributed by atoms with E-state index in [0.29, 0.717) is 5.76 Å². The van der Waals surface area contributed by atoms with Crippen LogP contribution in [-0.4, -0.2) is 5.11 Å². The van der Waals surface area contributed by atoms with Crippen LogP contribution in [0, 0.1) is 0 Å². The van der Waals surface area contributed by atoms with E-state index >= 15 is 0 Å². The molecule has 0 aliphatic carbocycles. The van der Waals surface area contributed by atoms with Crippen molar-refractivity contribution in [3.63, 3.8) is 0 Å². The van der Waals surface area contributed by atoms with E-state index in [1.807, 2.05) is 13.8 Å². The first kappa shape index (κ1) is 7.28. The Morgan fingerprint density at radius 2 is 1.62 bits per heavy atom. The Kier molecular flexibility index (Phi) is 2.32. The maximum Gasteiger partial charge on any atom is 0.0923 e. The standard InChI is InChI=1S/C7H12O/c1-5(2)6(3)7(4)8/h8H,1H2,2-4H3/b7-6+. The number of rotatable bonds is 1. The smallest absolute Gasteiger partial charge is 0.0923 e. The number of aliphatic hydroxyl groups excluding tert-OH is 1. The highest BCUT2D eigenvalue weighted by Crippen LogP contribution is 2.07. The van der Waals surface area contributed by atoms with Gasteiger partial charge >= 0.3 is 0 Å². The van der Waals surface area contributed by atoms with Crippen LogP contribution in [0.5, 0.6) is 0 Å². The van der Waals surface area contributed by atoms with Crippen molar-refractivity contribution in [2.45, 2.75) is 20.8 Å². The topological polar surface area (TPSA) is 20.2 Å². The van der Waals surface area contributed by atoms with Crippen LogP contribution in [0.4, 0.5) is 0 Å². The van der Waals surface area contributed by atoms with Gasteiger partial charge < -0.3 is 5.11 Å². The predicted molar refractivity (Wildman–Crippen MR) is 35.8 cm³/mol. The fourth-order valence-electron chi connectivity index (χ4n) is 0.309. The number of aliphatic hydroxyl groups is 1. The summed E-state index contributed by atoms with van der Waals surface area (Å²) in [6, 6.07) is 0. The zero-order valence-corrected chi connectivity index (χ0v) is 5.65. The molecule has 0 atom stereocenters. The molecular weight excluding hydrogens is 100 g/mol. The summed E-state index contributed by atoms with van der Waals surface area (Å²) in [7, 11) is 0. The molecule has 0 aliphatic rings. The van der Waals surface area contributed by atoms with Gasteiger partial charge in [0.25, 0.3) is 0 Å². The average Bonchev–Trinajstić information content (AvgIpc) is 1.64. The van der Waals surface area contributed by atoms with Crippen LogP contribution in [0.25, 0.3) is 0 Å². The molecule has 0 spiro atoms. The molecule has 0 fully saturated rings. The van der Waals surface area contributed by atoms with E-state index in [4.69, 9.17) is 5.11 Å². The maximum absolute atomic E-state index is 8.81. The van der Waals surface area contributed by atoms with Gasteiger partial charge in [-0.05, 0) is 26.3 Å². The number of hydrogen-bond donors (Lipinski definition) is 1. The minimum Gasteiger partial charge on any atom is -0.512 e. The first-order valence-corrected chi connectivity index (χ1v) is 2.58. The lowest BCUT2D eigenvalue weighted by Gasteiger charge is -1.97. The van der Waals surface area contributed by atoms with Gasteiger partial charge in [-0.15, -0.1) is 0 Å². The van der Waals surface area contributed by atoms with Gasteiger partial charge in [0, 0.05) is 0 Å². The Hall–Kier alpha value is -0.720. The third-order valence-electron chi connectivity index (χ3n) is 1.18. The van der Waals surface area contributed by atoms with E-state index in [2.05, 4.69) is 6.58 Å². The van der Waals surface area contributed by atoms with Gasteiger partial charge in [-0.2, -0.15) is 0 Å². The van der Waals surface area contributed by atoms with Gasteiger partial charge in [0.2, 0.25) is 0 Å². The van der Waals surface area contributed by atoms with E-state index in [1.54, 1.807) is 6.92 Å². The van der Waals surface area contributed by atoms with E-state index in [1.165, 1.54) is 0 Å². The third kappa shape index (κ3) is 1.82. The van der Waals surface area contributed by atoms with Crippen LogP contribution in [0.15, 0.2) is 23.5 Å². The Labute approximate surface area is 50.3 Å². The highest BCUT2D eigenvalue weighted by molar-refractivity contribution is 5.25. The van der Waals surface area contributed by atoms with Gasteiger partial charge in [0.1, 0.15) is 0 Å². The summed E-state index contributed by atoms with van der Waals surface area (Å²) >= 11 is 0. The van der Waals surface area contributed by atoms with E-state index < -0.39 is 0 Å². The Morgan fingerprint density at radius 1 is 1.25 bits per heavy atom. The molecule has 0 saturated carbocycles. The monoisotopic (exact) mass is 112 g/mol. The molecule has 0 aliphatic heterocycles. The van der Waals surface area contributed by atoms with Gasteiger partial charge in [0.05, 0.1) is 5.76 Å². The molecule has 46 valence electrons. The lowest BCUT2D eigenvalue weighted by molar-refractivity contribution is 0.408. The minimum atomic E-state index is 0.359. The average molecular weight is 112 g/mol. The molecule has 0 rings (SSSR count). The lowest BCUT2D eigenvalue weighted by Crippen LogP contribution is -1.81. The van der Waals surface area contributed by atoms with Crippen molar-refractivity contribution in [1.29, 1.82) is 0 Å². The SMILES string of the molecule is C=C(C)/C(C)=C(\C)O. The molecule has 0 radical (unpaired) electrons. The zero-order chi connectivity index (χ0) is 6.73. The van der Waals surface area contributed by atoms with Crippen molar-refractivity contribution < 1.29 is 5.11 Å². The predicted octanol–water partition coefficient (Wildman–Crippen LogP) is 2.41. The van der Waals surface area contributed by atoms with Crippen molar-refractivity contribution in [1.82, 2.24) is 0 Å². The largest absolute Gasteiger partial charge is 0.512 e. The molecule has 1 N–H and O–H groups in total. The van der Waals surface area contributed by atoms with Crippen LogP contribution in [0.2, 0.25) is 0 Å². The maximum atomic E-state index is 8.81. The Balaban J connectivity index is 4.23.